The number of halogens is 2. The van der Waals surface area contributed by atoms with E-state index in [-0.39, 0.29) is 19.0 Å². The van der Waals surface area contributed by atoms with E-state index in [1.807, 2.05) is 6.07 Å². The fraction of sp³-hybridized carbons (Fsp3) is 0.538. The van der Waals surface area contributed by atoms with Gasteiger partial charge in [-0.15, -0.1) is 12.4 Å². The second-order valence-electron chi connectivity index (χ2n) is 4.37. The van der Waals surface area contributed by atoms with Crippen LogP contribution in [0.5, 0.6) is 0 Å². The van der Waals surface area contributed by atoms with Crippen LogP contribution in [0.25, 0.3) is 0 Å². The fourth-order valence-electron chi connectivity index (χ4n) is 2.39. The zero-order valence-corrected chi connectivity index (χ0v) is 12.7. The molecule has 1 saturated heterocycles. The first-order valence-corrected chi connectivity index (χ1v) is 6.91. The Labute approximate surface area is 123 Å². The Bertz CT molecular complexity index is 359. The van der Waals surface area contributed by atoms with E-state index in [1.165, 1.54) is 5.56 Å². The van der Waals surface area contributed by atoms with Crippen molar-refractivity contribution in [2.45, 2.75) is 12.5 Å². The maximum absolute atomic E-state index is 9.24. The molecule has 5 heteroatoms. The number of aliphatic hydroxyl groups is 1. The lowest BCUT2D eigenvalue weighted by Crippen LogP contribution is -2.45. The van der Waals surface area contributed by atoms with Crippen molar-refractivity contribution in [3.63, 3.8) is 0 Å². The van der Waals surface area contributed by atoms with Gasteiger partial charge in [0.05, 0.1) is 0 Å². The van der Waals surface area contributed by atoms with Crippen LogP contribution >= 0.6 is 28.3 Å². The lowest BCUT2D eigenvalue weighted by Gasteiger charge is -2.35. The molecule has 0 spiro atoms. The Morgan fingerprint density at radius 1 is 1.33 bits per heavy atom. The molecule has 102 valence electrons. The van der Waals surface area contributed by atoms with E-state index in [4.69, 9.17) is 0 Å². The van der Waals surface area contributed by atoms with E-state index < -0.39 is 0 Å². The number of hydrogen-bond donors (Lipinski definition) is 2. The zero-order valence-electron chi connectivity index (χ0n) is 10.3. The average Bonchev–Trinajstić information content (AvgIpc) is 2.37. The molecule has 2 rings (SSSR count). The van der Waals surface area contributed by atoms with E-state index in [0.717, 1.165) is 37.1 Å². The van der Waals surface area contributed by atoms with Gasteiger partial charge in [-0.2, -0.15) is 0 Å². The van der Waals surface area contributed by atoms with Crippen molar-refractivity contribution in [3.8, 4) is 0 Å². The van der Waals surface area contributed by atoms with Crippen molar-refractivity contribution >= 4 is 28.3 Å². The molecular weight excluding hydrogens is 316 g/mol. The number of rotatable bonds is 4. The lowest BCUT2D eigenvalue weighted by atomic mass is 10.0. The molecule has 2 N–H and O–H groups in total. The molecule has 1 aliphatic heterocycles. The van der Waals surface area contributed by atoms with Crippen molar-refractivity contribution in [2.24, 2.45) is 0 Å². The number of nitrogens with one attached hydrogen (secondary N) is 1. The summed E-state index contributed by atoms with van der Waals surface area (Å²) in [6.07, 6.45) is 0.802. The molecule has 1 fully saturated rings. The quantitative estimate of drug-likeness (QED) is 0.885. The van der Waals surface area contributed by atoms with Crippen LogP contribution in [0.1, 0.15) is 18.0 Å². The third-order valence-electron chi connectivity index (χ3n) is 3.23. The van der Waals surface area contributed by atoms with Crippen LogP contribution in [0.3, 0.4) is 0 Å². The molecular formula is C13H20BrClN2O. The summed E-state index contributed by atoms with van der Waals surface area (Å²) >= 11 is 3.51. The molecule has 0 saturated carbocycles. The summed E-state index contributed by atoms with van der Waals surface area (Å²) in [7, 11) is 0. The van der Waals surface area contributed by atoms with E-state index in [0.29, 0.717) is 6.04 Å². The lowest BCUT2D eigenvalue weighted by molar-refractivity contribution is 0.141. The summed E-state index contributed by atoms with van der Waals surface area (Å²) in [5, 5.41) is 12.6. The summed E-state index contributed by atoms with van der Waals surface area (Å²) in [6.45, 7) is 4.42. The minimum absolute atomic E-state index is 0. The van der Waals surface area contributed by atoms with E-state index in [2.05, 4.69) is 44.3 Å². The van der Waals surface area contributed by atoms with Gasteiger partial charge in [-0.3, -0.25) is 4.90 Å². The molecule has 0 bridgehead atoms. The van der Waals surface area contributed by atoms with Crippen LogP contribution in [-0.4, -0.2) is 42.8 Å². The van der Waals surface area contributed by atoms with Gasteiger partial charge in [-0.05, 0) is 24.1 Å². The van der Waals surface area contributed by atoms with E-state index in [1.54, 1.807) is 0 Å². The monoisotopic (exact) mass is 334 g/mol. The first-order valence-electron chi connectivity index (χ1n) is 6.12. The molecule has 1 aromatic rings. The maximum atomic E-state index is 9.24. The van der Waals surface area contributed by atoms with Gasteiger partial charge in [-0.25, -0.2) is 0 Å². The molecule has 0 aliphatic carbocycles. The van der Waals surface area contributed by atoms with Gasteiger partial charge in [0.15, 0.2) is 0 Å². The molecule has 0 unspecified atom stereocenters. The first kappa shape index (κ1) is 15.9. The average molecular weight is 336 g/mol. The van der Waals surface area contributed by atoms with Gasteiger partial charge in [0, 0.05) is 43.3 Å². The van der Waals surface area contributed by atoms with Gasteiger partial charge in [0.1, 0.15) is 0 Å². The highest BCUT2D eigenvalue weighted by Crippen LogP contribution is 2.26. The zero-order chi connectivity index (χ0) is 12.1. The fourth-order valence-corrected chi connectivity index (χ4v) is 2.81. The summed E-state index contributed by atoms with van der Waals surface area (Å²) in [5.41, 5.74) is 1.29. The van der Waals surface area contributed by atoms with Gasteiger partial charge in [0.25, 0.3) is 0 Å². The normalized spacial score (nSPS) is 18.1. The Hall–Kier alpha value is -0.130. The number of nitrogens with zero attached hydrogens (tertiary/aromatic N) is 1. The standard InChI is InChI=1S/C13H19BrN2O.ClH/c14-12-3-1-2-11(10-12)13(4-9-17)16-7-5-15-6-8-16;/h1-3,10,13,15,17H,4-9H2;1H/t13-;/m0./s1. The third-order valence-corrected chi connectivity index (χ3v) is 3.72. The minimum Gasteiger partial charge on any atom is -0.396 e. The molecule has 1 heterocycles. The highest BCUT2D eigenvalue weighted by Gasteiger charge is 2.21. The van der Waals surface area contributed by atoms with Gasteiger partial charge >= 0.3 is 0 Å². The first-order chi connectivity index (χ1) is 8.31. The number of hydrogen-bond acceptors (Lipinski definition) is 3. The smallest absolute Gasteiger partial charge is 0.0449 e. The summed E-state index contributed by atoms with van der Waals surface area (Å²) in [5.74, 6) is 0. The highest BCUT2D eigenvalue weighted by atomic mass is 79.9. The van der Waals surface area contributed by atoms with Crippen LogP contribution in [0, 0.1) is 0 Å². The van der Waals surface area contributed by atoms with Crippen LogP contribution in [-0.2, 0) is 0 Å². The molecule has 0 radical (unpaired) electrons. The summed E-state index contributed by atoms with van der Waals surface area (Å²) < 4.78 is 1.10. The second kappa shape index (κ2) is 8.12. The topological polar surface area (TPSA) is 35.5 Å². The SMILES string of the molecule is Cl.OCC[C@@H](c1cccc(Br)c1)N1CCNCC1. The minimum atomic E-state index is 0. The predicted molar refractivity (Wildman–Crippen MR) is 80.3 cm³/mol. The molecule has 1 aromatic carbocycles. The molecule has 1 atom stereocenters. The van der Waals surface area contributed by atoms with Crippen LogP contribution in [0.15, 0.2) is 28.7 Å². The second-order valence-corrected chi connectivity index (χ2v) is 5.28. The Morgan fingerprint density at radius 3 is 2.67 bits per heavy atom. The van der Waals surface area contributed by atoms with Crippen LogP contribution in [0.2, 0.25) is 0 Å². The van der Waals surface area contributed by atoms with Crippen molar-refractivity contribution < 1.29 is 5.11 Å². The van der Waals surface area contributed by atoms with Crippen molar-refractivity contribution in [1.29, 1.82) is 0 Å². The Kier molecular flexibility index (Phi) is 7.19. The molecule has 18 heavy (non-hydrogen) atoms. The van der Waals surface area contributed by atoms with Crippen LogP contribution in [0.4, 0.5) is 0 Å². The van der Waals surface area contributed by atoms with Crippen molar-refractivity contribution in [2.75, 3.05) is 32.8 Å². The number of aliphatic hydroxyl groups excluding tert-OH is 1. The highest BCUT2D eigenvalue weighted by molar-refractivity contribution is 9.10. The Balaban J connectivity index is 0.00000162. The molecule has 3 nitrogen and oxygen atoms in total. The Morgan fingerprint density at radius 2 is 2.06 bits per heavy atom. The van der Waals surface area contributed by atoms with Crippen molar-refractivity contribution in [3.05, 3.63) is 34.3 Å². The largest absolute Gasteiger partial charge is 0.396 e. The van der Waals surface area contributed by atoms with Crippen LogP contribution < -0.4 is 5.32 Å². The van der Waals surface area contributed by atoms with Gasteiger partial charge < -0.3 is 10.4 Å². The van der Waals surface area contributed by atoms with Gasteiger partial charge in [0.2, 0.25) is 0 Å². The molecule has 1 aliphatic rings. The number of piperazine rings is 1. The summed E-state index contributed by atoms with van der Waals surface area (Å²) in [4.78, 5) is 2.45. The molecule has 0 aromatic heterocycles. The van der Waals surface area contributed by atoms with E-state index in [9.17, 15) is 5.11 Å². The predicted octanol–water partition coefficient (Wildman–Crippen LogP) is 2.20. The maximum Gasteiger partial charge on any atom is 0.0449 e. The van der Waals surface area contributed by atoms with Crippen molar-refractivity contribution in [1.82, 2.24) is 10.2 Å². The third kappa shape index (κ3) is 4.21. The van der Waals surface area contributed by atoms with E-state index >= 15 is 0 Å². The summed E-state index contributed by atoms with van der Waals surface area (Å²) in [6, 6.07) is 8.73. The molecule has 0 amide bonds. The van der Waals surface area contributed by atoms with Gasteiger partial charge in [-0.1, -0.05) is 28.1 Å². The number of benzene rings is 1.